The van der Waals surface area contributed by atoms with Crippen molar-refractivity contribution >= 4 is 52.0 Å². The zero-order valence-electron chi connectivity index (χ0n) is 20.2. The lowest BCUT2D eigenvalue weighted by atomic mass is 10.1. The lowest BCUT2D eigenvalue weighted by Gasteiger charge is -2.30. The van der Waals surface area contributed by atoms with Gasteiger partial charge in [-0.05, 0) is 55.8 Å². The standard InChI is InChI=1S/C25H26N4O6S/c1-15-10-16(2)23(17(3)11-15)26-22(30)14-28-24(31)21(36-25(28)32)13-18-12-19(29(33)34)4-5-20(18)27-6-8-35-9-7-27/h4-5,10-13H,6-9,14H2,1-3H3,(H,26,30)/b21-13-. The monoisotopic (exact) mass is 510 g/mol. The molecule has 0 saturated carbocycles. The van der Waals surface area contributed by atoms with E-state index in [0.29, 0.717) is 55.0 Å². The second kappa shape index (κ2) is 10.5. The lowest BCUT2D eigenvalue weighted by molar-refractivity contribution is -0.384. The fraction of sp³-hybridized carbons (Fsp3) is 0.320. The molecule has 2 aliphatic heterocycles. The number of ether oxygens (including phenoxy) is 1. The van der Waals surface area contributed by atoms with Crippen LogP contribution in [0.5, 0.6) is 0 Å². The molecule has 0 aromatic heterocycles. The molecular weight excluding hydrogens is 484 g/mol. The van der Waals surface area contributed by atoms with E-state index in [0.717, 1.165) is 21.6 Å². The van der Waals surface area contributed by atoms with Crippen LogP contribution >= 0.6 is 11.8 Å². The van der Waals surface area contributed by atoms with Crippen molar-refractivity contribution in [1.29, 1.82) is 0 Å². The Morgan fingerprint density at radius 3 is 2.44 bits per heavy atom. The van der Waals surface area contributed by atoms with Crippen LogP contribution in [0.2, 0.25) is 0 Å². The minimum atomic E-state index is -0.614. The molecule has 2 fully saturated rings. The van der Waals surface area contributed by atoms with Crippen LogP contribution in [0.4, 0.5) is 21.9 Å². The zero-order chi connectivity index (χ0) is 26.0. The minimum absolute atomic E-state index is 0.102. The molecule has 2 aromatic carbocycles. The number of nitrogens with zero attached hydrogens (tertiary/aromatic N) is 3. The normalized spacial score (nSPS) is 17.1. The summed E-state index contributed by atoms with van der Waals surface area (Å²) >= 11 is 0.708. The van der Waals surface area contributed by atoms with Crippen molar-refractivity contribution in [3.8, 4) is 0 Å². The van der Waals surface area contributed by atoms with Crippen molar-refractivity contribution in [3.05, 3.63) is 67.6 Å². The first-order valence-electron chi connectivity index (χ1n) is 11.4. The predicted molar refractivity (Wildman–Crippen MR) is 138 cm³/mol. The largest absolute Gasteiger partial charge is 0.378 e. The second-order valence-corrected chi connectivity index (χ2v) is 9.68. The number of carbonyl (C=O) groups is 3. The number of hydrogen-bond donors (Lipinski definition) is 1. The highest BCUT2D eigenvalue weighted by Crippen LogP contribution is 2.35. The van der Waals surface area contributed by atoms with Gasteiger partial charge in [0.05, 0.1) is 23.0 Å². The number of anilines is 2. The summed E-state index contributed by atoms with van der Waals surface area (Å²) in [7, 11) is 0. The number of benzene rings is 2. The number of nitro benzene ring substituents is 1. The molecule has 4 rings (SSSR count). The third-order valence-electron chi connectivity index (χ3n) is 5.98. The number of thioether (sulfide) groups is 1. The number of nitrogens with one attached hydrogen (secondary N) is 1. The molecule has 2 saturated heterocycles. The molecule has 1 N–H and O–H groups in total. The van der Waals surface area contributed by atoms with Gasteiger partial charge in [-0.1, -0.05) is 17.7 Å². The van der Waals surface area contributed by atoms with Gasteiger partial charge in [0.25, 0.3) is 16.8 Å². The Labute approximate surface area is 212 Å². The molecule has 36 heavy (non-hydrogen) atoms. The molecule has 0 atom stereocenters. The van der Waals surface area contributed by atoms with Crippen molar-refractivity contribution in [2.75, 3.05) is 43.1 Å². The number of morpholine rings is 1. The summed E-state index contributed by atoms with van der Waals surface area (Å²) in [4.78, 5) is 52.3. The van der Waals surface area contributed by atoms with Gasteiger partial charge in [0, 0.05) is 42.2 Å². The third kappa shape index (κ3) is 5.42. The van der Waals surface area contributed by atoms with E-state index in [1.807, 2.05) is 37.8 Å². The summed E-state index contributed by atoms with van der Waals surface area (Å²) in [5, 5.41) is 13.6. The third-order valence-corrected chi connectivity index (χ3v) is 6.88. The highest BCUT2D eigenvalue weighted by Gasteiger charge is 2.36. The Bertz CT molecular complexity index is 1260. The first kappa shape index (κ1) is 25.4. The van der Waals surface area contributed by atoms with Gasteiger partial charge in [-0.25, -0.2) is 0 Å². The van der Waals surface area contributed by atoms with Crippen LogP contribution < -0.4 is 10.2 Å². The molecular formula is C25H26N4O6S. The van der Waals surface area contributed by atoms with E-state index in [9.17, 15) is 24.5 Å². The molecule has 11 heteroatoms. The van der Waals surface area contributed by atoms with Crippen LogP contribution in [0.25, 0.3) is 6.08 Å². The van der Waals surface area contributed by atoms with E-state index in [1.165, 1.54) is 18.2 Å². The predicted octanol–water partition coefficient (Wildman–Crippen LogP) is 4.03. The SMILES string of the molecule is Cc1cc(C)c(NC(=O)CN2C(=O)S/C(=C\c3cc([N+](=O)[O-])ccc3N3CCOCC3)C2=O)c(C)c1. The number of imide groups is 1. The van der Waals surface area contributed by atoms with E-state index < -0.39 is 28.5 Å². The quantitative estimate of drug-likeness (QED) is 0.351. The summed E-state index contributed by atoms with van der Waals surface area (Å²) < 4.78 is 5.39. The first-order chi connectivity index (χ1) is 17.1. The van der Waals surface area contributed by atoms with Crippen LogP contribution in [-0.2, 0) is 14.3 Å². The Morgan fingerprint density at radius 1 is 1.14 bits per heavy atom. The average molecular weight is 511 g/mol. The highest BCUT2D eigenvalue weighted by molar-refractivity contribution is 8.18. The molecule has 0 spiro atoms. The van der Waals surface area contributed by atoms with Crippen molar-refractivity contribution in [2.24, 2.45) is 0 Å². The fourth-order valence-electron chi connectivity index (χ4n) is 4.34. The maximum atomic E-state index is 13.1. The van der Waals surface area contributed by atoms with Gasteiger partial charge in [0.15, 0.2) is 0 Å². The number of amides is 3. The molecule has 188 valence electrons. The topological polar surface area (TPSA) is 122 Å². The molecule has 2 aliphatic rings. The Balaban J connectivity index is 1.56. The Kier molecular flexibility index (Phi) is 7.41. The Morgan fingerprint density at radius 2 is 1.81 bits per heavy atom. The van der Waals surface area contributed by atoms with Crippen LogP contribution in [0.3, 0.4) is 0 Å². The van der Waals surface area contributed by atoms with Gasteiger partial charge in [-0.15, -0.1) is 0 Å². The smallest absolute Gasteiger partial charge is 0.294 e. The van der Waals surface area contributed by atoms with E-state index in [1.54, 1.807) is 6.07 Å². The molecule has 0 aliphatic carbocycles. The van der Waals surface area contributed by atoms with Crippen LogP contribution in [0, 0.1) is 30.9 Å². The van der Waals surface area contributed by atoms with Gasteiger partial charge in [-0.2, -0.15) is 0 Å². The average Bonchev–Trinajstić information content (AvgIpc) is 3.09. The number of hydrogen-bond acceptors (Lipinski definition) is 8. The highest BCUT2D eigenvalue weighted by atomic mass is 32.2. The first-order valence-corrected chi connectivity index (χ1v) is 12.2. The van der Waals surface area contributed by atoms with E-state index in [-0.39, 0.29) is 10.6 Å². The number of non-ortho nitro benzene ring substituents is 1. The van der Waals surface area contributed by atoms with Gasteiger partial charge in [0.2, 0.25) is 5.91 Å². The number of rotatable bonds is 6. The van der Waals surface area contributed by atoms with E-state index >= 15 is 0 Å². The maximum absolute atomic E-state index is 13.1. The van der Waals surface area contributed by atoms with Gasteiger partial charge in [-0.3, -0.25) is 29.4 Å². The molecule has 10 nitrogen and oxygen atoms in total. The van der Waals surface area contributed by atoms with Crippen molar-refractivity contribution in [3.63, 3.8) is 0 Å². The Hall–Kier alpha value is -3.70. The van der Waals surface area contributed by atoms with E-state index in [4.69, 9.17) is 4.74 Å². The number of nitro groups is 1. The summed E-state index contributed by atoms with van der Waals surface area (Å²) in [6, 6.07) is 8.31. The van der Waals surface area contributed by atoms with Crippen molar-refractivity contribution in [2.45, 2.75) is 20.8 Å². The van der Waals surface area contributed by atoms with E-state index in [2.05, 4.69) is 5.32 Å². The summed E-state index contributed by atoms with van der Waals surface area (Å²) in [6.07, 6.45) is 1.48. The second-order valence-electron chi connectivity index (χ2n) is 8.69. The van der Waals surface area contributed by atoms with Gasteiger partial charge in [0.1, 0.15) is 6.54 Å². The lowest BCUT2D eigenvalue weighted by Crippen LogP contribution is -2.37. The van der Waals surface area contributed by atoms with Gasteiger partial charge >= 0.3 is 0 Å². The van der Waals surface area contributed by atoms with Crippen LogP contribution in [-0.4, -0.2) is 59.7 Å². The number of carbonyl (C=O) groups excluding carboxylic acids is 3. The minimum Gasteiger partial charge on any atom is -0.378 e. The molecule has 0 unspecified atom stereocenters. The van der Waals surface area contributed by atoms with Crippen LogP contribution in [0.15, 0.2) is 35.2 Å². The molecule has 2 aromatic rings. The number of aryl methyl sites for hydroxylation is 3. The fourth-order valence-corrected chi connectivity index (χ4v) is 5.17. The maximum Gasteiger partial charge on any atom is 0.294 e. The van der Waals surface area contributed by atoms with Crippen molar-refractivity contribution in [1.82, 2.24) is 4.90 Å². The van der Waals surface area contributed by atoms with Gasteiger partial charge < -0.3 is 15.0 Å². The molecule has 0 radical (unpaired) electrons. The van der Waals surface area contributed by atoms with Crippen LogP contribution in [0.1, 0.15) is 22.3 Å². The zero-order valence-corrected chi connectivity index (χ0v) is 21.0. The molecule has 0 bridgehead atoms. The summed E-state index contributed by atoms with van der Waals surface area (Å²) in [5.41, 5.74) is 4.52. The van der Waals surface area contributed by atoms with Crippen molar-refractivity contribution < 1.29 is 24.0 Å². The molecule has 2 heterocycles. The summed E-state index contributed by atoms with van der Waals surface area (Å²) in [6.45, 7) is 7.51. The summed E-state index contributed by atoms with van der Waals surface area (Å²) in [5.74, 6) is -1.10. The molecule has 3 amide bonds.